The van der Waals surface area contributed by atoms with Crippen molar-refractivity contribution in [1.82, 2.24) is 0 Å². The smallest absolute Gasteiger partial charge is 0.0543 e. The van der Waals surface area contributed by atoms with Crippen LogP contribution < -0.4 is 11.5 Å². The van der Waals surface area contributed by atoms with Crippen molar-refractivity contribution in [2.75, 3.05) is 5.73 Å². The summed E-state index contributed by atoms with van der Waals surface area (Å²) >= 11 is 7.87. The number of anilines is 1. The molecule has 15 heavy (non-hydrogen) atoms. The number of rotatable bonds is 2. The molecule has 1 aliphatic rings. The third-order valence-electron chi connectivity index (χ3n) is 2.74. The first-order valence-corrected chi connectivity index (χ1v) is 6.40. The lowest BCUT2D eigenvalue weighted by molar-refractivity contribution is 0.716. The monoisotopic (exact) mass is 242 g/mol. The standard InChI is InChI=1S/C11H15ClN2S/c12-8-5-4-7(13)6-11(8)15-10-3-1-2-9(10)14/h4-6,9-10H,1-3,13-14H2. The van der Waals surface area contributed by atoms with Gasteiger partial charge in [-0.1, -0.05) is 18.0 Å². The number of nitrogen functional groups attached to an aromatic ring is 1. The minimum atomic E-state index is 0.299. The van der Waals surface area contributed by atoms with E-state index in [0.717, 1.165) is 22.0 Å². The van der Waals surface area contributed by atoms with Gasteiger partial charge in [-0.3, -0.25) is 0 Å². The Morgan fingerprint density at radius 1 is 1.33 bits per heavy atom. The van der Waals surface area contributed by atoms with Crippen molar-refractivity contribution < 1.29 is 0 Å². The number of hydrogen-bond acceptors (Lipinski definition) is 3. The highest BCUT2D eigenvalue weighted by molar-refractivity contribution is 8.00. The van der Waals surface area contributed by atoms with Crippen molar-refractivity contribution in [3.05, 3.63) is 23.2 Å². The Labute approximate surface area is 99.4 Å². The van der Waals surface area contributed by atoms with Gasteiger partial charge in [-0.05, 0) is 31.0 Å². The fraction of sp³-hybridized carbons (Fsp3) is 0.455. The average molecular weight is 243 g/mol. The van der Waals surface area contributed by atoms with Gasteiger partial charge in [0.1, 0.15) is 0 Å². The molecule has 1 aliphatic carbocycles. The summed E-state index contributed by atoms with van der Waals surface area (Å²) in [5.41, 5.74) is 12.5. The van der Waals surface area contributed by atoms with Crippen LogP contribution in [0.15, 0.2) is 23.1 Å². The lowest BCUT2D eigenvalue weighted by Gasteiger charge is -2.15. The predicted octanol–water partition coefficient (Wildman–Crippen LogP) is 2.89. The Morgan fingerprint density at radius 3 is 2.80 bits per heavy atom. The normalized spacial score (nSPS) is 25.7. The summed E-state index contributed by atoms with van der Waals surface area (Å²) in [6, 6.07) is 5.89. The van der Waals surface area contributed by atoms with Crippen LogP contribution in [0.1, 0.15) is 19.3 Å². The van der Waals surface area contributed by atoms with Gasteiger partial charge in [0.25, 0.3) is 0 Å². The third-order valence-corrected chi connectivity index (χ3v) is 4.66. The molecular formula is C11H15ClN2S. The highest BCUT2D eigenvalue weighted by Crippen LogP contribution is 2.38. The fourth-order valence-corrected chi connectivity index (χ4v) is 3.43. The van der Waals surface area contributed by atoms with Gasteiger partial charge >= 0.3 is 0 Å². The zero-order chi connectivity index (χ0) is 10.8. The van der Waals surface area contributed by atoms with Crippen LogP contribution >= 0.6 is 23.4 Å². The fourth-order valence-electron chi connectivity index (χ4n) is 1.87. The molecule has 0 heterocycles. The number of benzene rings is 1. The predicted molar refractivity (Wildman–Crippen MR) is 67.3 cm³/mol. The second-order valence-corrected chi connectivity index (χ2v) is 5.63. The van der Waals surface area contributed by atoms with Gasteiger partial charge < -0.3 is 11.5 Å². The SMILES string of the molecule is Nc1ccc(Cl)c(SC2CCCC2N)c1. The first kappa shape index (κ1) is 11.1. The van der Waals surface area contributed by atoms with Crippen LogP contribution in [0.3, 0.4) is 0 Å². The molecule has 4 heteroatoms. The summed E-state index contributed by atoms with van der Waals surface area (Å²) in [4.78, 5) is 1.05. The van der Waals surface area contributed by atoms with Crippen molar-refractivity contribution in [3.8, 4) is 0 Å². The first-order chi connectivity index (χ1) is 7.16. The van der Waals surface area contributed by atoms with E-state index in [1.807, 2.05) is 18.2 Å². The molecule has 1 aromatic rings. The lowest BCUT2D eigenvalue weighted by Crippen LogP contribution is -2.26. The molecule has 82 valence electrons. The molecule has 0 radical (unpaired) electrons. The third kappa shape index (κ3) is 2.60. The van der Waals surface area contributed by atoms with Gasteiger partial charge in [0.15, 0.2) is 0 Å². The Balaban J connectivity index is 2.12. The average Bonchev–Trinajstić information content (AvgIpc) is 2.58. The summed E-state index contributed by atoms with van der Waals surface area (Å²) in [6.45, 7) is 0. The van der Waals surface area contributed by atoms with Gasteiger partial charge in [0.2, 0.25) is 0 Å². The van der Waals surface area contributed by atoms with E-state index in [1.54, 1.807) is 11.8 Å². The molecule has 2 unspecified atom stereocenters. The van der Waals surface area contributed by atoms with E-state index in [1.165, 1.54) is 12.8 Å². The zero-order valence-electron chi connectivity index (χ0n) is 8.45. The van der Waals surface area contributed by atoms with Gasteiger partial charge in [-0.2, -0.15) is 0 Å². The van der Waals surface area contributed by atoms with Crippen LogP contribution in [0.2, 0.25) is 5.02 Å². The van der Waals surface area contributed by atoms with Crippen LogP contribution in [-0.2, 0) is 0 Å². The first-order valence-electron chi connectivity index (χ1n) is 5.14. The minimum absolute atomic E-state index is 0.299. The van der Waals surface area contributed by atoms with Gasteiger partial charge in [-0.25, -0.2) is 0 Å². The van der Waals surface area contributed by atoms with Crippen LogP contribution in [0.25, 0.3) is 0 Å². The van der Waals surface area contributed by atoms with E-state index in [4.69, 9.17) is 23.1 Å². The summed E-state index contributed by atoms with van der Waals surface area (Å²) in [5, 5.41) is 1.26. The zero-order valence-corrected chi connectivity index (χ0v) is 10.0. The van der Waals surface area contributed by atoms with E-state index in [0.29, 0.717) is 11.3 Å². The quantitative estimate of drug-likeness (QED) is 0.785. The number of hydrogen-bond donors (Lipinski definition) is 2. The van der Waals surface area contributed by atoms with Crippen LogP contribution in [0.5, 0.6) is 0 Å². The van der Waals surface area contributed by atoms with Crippen LogP contribution in [0.4, 0.5) is 5.69 Å². The van der Waals surface area contributed by atoms with E-state index in [-0.39, 0.29) is 0 Å². The van der Waals surface area contributed by atoms with Gasteiger partial charge in [0, 0.05) is 21.9 Å². The molecule has 4 N–H and O–H groups in total. The highest BCUT2D eigenvalue weighted by Gasteiger charge is 2.25. The largest absolute Gasteiger partial charge is 0.399 e. The highest BCUT2D eigenvalue weighted by atomic mass is 35.5. The van der Waals surface area contributed by atoms with Crippen molar-refractivity contribution in [2.45, 2.75) is 35.4 Å². The van der Waals surface area contributed by atoms with E-state index >= 15 is 0 Å². The molecule has 2 atom stereocenters. The summed E-state index contributed by atoms with van der Waals surface area (Å²) in [7, 11) is 0. The number of nitrogens with two attached hydrogens (primary N) is 2. The van der Waals surface area contributed by atoms with Crippen molar-refractivity contribution in [1.29, 1.82) is 0 Å². The Bertz CT molecular complexity index is 356. The Hall–Kier alpha value is -0.380. The Morgan fingerprint density at radius 2 is 2.13 bits per heavy atom. The molecule has 0 aliphatic heterocycles. The van der Waals surface area contributed by atoms with Crippen molar-refractivity contribution >= 4 is 29.1 Å². The summed E-state index contributed by atoms with van der Waals surface area (Å²) in [6.07, 6.45) is 3.52. The second kappa shape index (κ2) is 4.64. The van der Waals surface area contributed by atoms with E-state index < -0.39 is 0 Å². The molecule has 1 aromatic carbocycles. The van der Waals surface area contributed by atoms with Crippen molar-refractivity contribution in [3.63, 3.8) is 0 Å². The summed E-state index contributed by atoms with van der Waals surface area (Å²) in [5.74, 6) is 0. The molecule has 1 saturated carbocycles. The minimum Gasteiger partial charge on any atom is -0.399 e. The Kier molecular flexibility index (Phi) is 3.44. The molecule has 2 rings (SSSR count). The maximum Gasteiger partial charge on any atom is 0.0543 e. The van der Waals surface area contributed by atoms with E-state index in [2.05, 4.69) is 0 Å². The van der Waals surface area contributed by atoms with Gasteiger partial charge in [0.05, 0.1) is 5.02 Å². The molecule has 2 nitrogen and oxygen atoms in total. The summed E-state index contributed by atoms with van der Waals surface area (Å²) < 4.78 is 0. The molecule has 0 amide bonds. The second-order valence-electron chi connectivity index (χ2n) is 3.94. The topological polar surface area (TPSA) is 52.0 Å². The molecular weight excluding hydrogens is 228 g/mol. The van der Waals surface area contributed by atoms with Crippen LogP contribution in [-0.4, -0.2) is 11.3 Å². The molecule has 0 spiro atoms. The maximum absolute atomic E-state index is 6.11. The van der Waals surface area contributed by atoms with Crippen LogP contribution in [0, 0.1) is 0 Å². The maximum atomic E-state index is 6.11. The lowest BCUT2D eigenvalue weighted by atomic mass is 10.3. The molecule has 0 aromatic heterocycles. The van der Waals surface area contributed by atoms with Crippen molar-refractivity contribution in [2.24, 2.45) is 5.73 Å². The molecule has 0 saturated heterocycles. The number of thioether (sulfide) groups is 1. The van der Waals surface area contributed by atoms with E-state index in [9.17, 15) is 0 Å². The van der Waals surface area contributed by atoms with Gasteiger partial charge in [-0.15, -0.1) is 11.8 Å². The molecule has 1 fully saturated rings. The number of halogens is 1. The molecule has 0 bridgehead atoms.